The van der Waals surface area contributed by atoms with Crippen molar-refractivity contribution in [2.45, 2.75) is 83.4 Å². The Bertz CT molecular complexity index is 974. The van der Waals surface area contributed by atoms with E-state index in [9.17, 15) is 24.0 Å². The quantitative estimate of drug-likeness (QED) is 0.228. The summed E-state index contributed by atoms with van der Waals surface area (Å²) in [6.07, 6.45) is 8.40. The molecule has 2 saturated carbocycles. The maximum Gasteiger partial charge on any atom is 0.325 e. The lowest BCUT2D eigenvalue weighted by atomic mass is 9.83. The molecule has 10 heteroatoms. The molecule has 0 spiro atoms. The van der Waals surface area contributed by atoms with Gasteiger partial charge in [-0.3, -0.25) is 24.0 Å². The number of carbonyl (C=O) groups is 5. The van der Waals surface area contributed by atoms with Crippen molar-refractivity contribution in [1.82, 2.24) is 16.0 Å². The molecule has 39 heavy (non-hydrogen) atoms. The molecule has 1 aromatic rings. The Morgan fingerprint density at radius 1 is 0.897 bits per heavy atom. The van der Waals surface area contributed by atoms with Gasteiger partial charge in [-0.15, -0.1) is 0 Å². The highest BCUT2D eigenvalue weighted by atomic mass is 16.5. The molecular formula is C29H41N3O7. The van der Waals surface area contributed by atoms with Crippen molar-refractivity contribution in [3.63, 3.8) is 0 Å². The van der Waals surface area contributed by atoms with E-state index in [4.69, 9.17) is 9.47 Å². The molecule has 0 saturated heterocycles. The largest absolute Gasteiger partial charge is 0.465 e. The Kier molecular flexibility index (Phi) is 12.4. The number of nitrogens with one attached hydrogen (secondary N) is 3. The van der Waals surface area contributed by atoms with Crippen LogP contribution in [0.5, 0.6) is 0 Å². The van der Waals surface area contributed by atoms with Crippen molar-refractivity contribution < 1.29 is 33.4 Å². The van der Waals surface area contributed by atoms with Gasteiger partial charge in [-0.2, -0.15) is 0 Å². The molecule has 3 amide bonds. The van der Waals surface area contributed by atoms with Crippen molar-refractivity contribution in [2.24, 2.45) is 11.8 Å². The predicted octanol–water partition coefficient (Wildman–Crippen LogP) is 2.19. The van der Waals surface area contributed by atoms with Crippen molar-refractivity contribution in [2.75, 3.05) is 19.8 Å². The summed E-state index contributed by atoms with van der Waals surface area (Å²) in [5.74, 6) is -3.10. The molecule has 0 unspecified atom stereocenters. The normalized spacial score (nSPS) is 17.3. The number of ether oxygens (including phenoxy) is 2. The number of esters is 1. The summed E-state index contributed by atoms with van der Waals surface area (Å²) in [7, 11) is 0. The highest BCUT2D eigenvalue weighted by Gasteiger charge is 2.34. The van der Waals surface area contributed by atoms with E-state index in [0.29, 0.717) is 12.3 Å². The van der Waals surface area contributed by atoms with Crippen LogP contribution in [0, 0.1) is 11.8 Å². The lowest BCUT2D eigenvalue weighted by molar-refractivity contribution is -0.146. The molecule has 0 aliphatic heterocycles. The zero-order valence-corrected chi connectivity index (χ0v) is 22.7. The van der Waals surface area contributed by atoms with E-state index in [-0.39, 0.29) is 31.6 Å². The van der Waals surface area contributed by atoms with Crippen molar-refractivity contribution in [1.29, 1.82) is 0 Å². The fourth-order valence-corrected chi connectivity index (χ4v) is 4.88. The molecule has 10 nitrogen and oxygen atoms in total. The number of ketones is 1. The van der Waals surface area contributed by atoms with Crippen LogP contribution >= 0.6 is 0 Å². The van der Waals surface area contributed by atoms with Crippen molar-refractivity contribution >= 4 is 29.5 Å². The van der Waals surface area contributed by atoms with Gasteiger partial charge in [0.15, 0.2) is 0 Å². The number of amides is 3. The number of Topliss-reactive ketones (excluding diaryl/α,β-unsaturated/α-hetero) is 1. The van der Waals surface area contributed by atoms with E-state index in [1.807, 2.05) is 30.3 Å². The van der Waals surface area contributed by atoms with Crippen LogP contribution in [0.2, 0.25) is 0 Å². The molecule has 214 valence electrons. The Balaban J connectivity index is 1.68. The van der Waals surface area contributed by atoms with Gasteiger partial charge >= 0.3 is 5.97 Å². The first-order chi connectivity index (χ1) is 18.9. The third-order valence-corrected chi connectivity index (χ3v) is 7.35. The Morgan fingerprint density at radius 2 is 1.62 bits per heavy atom. The molecule has 1 aromatic carbocycles. The van der Waals surface area contributed by atoms with Gasteiger partial charge in [0.2, 0.25) is 17.6 Å². The molecule has 0 radical (unpaired) electrons. The lowest BCUT2D eigenvalue weighted by Crippen LogP contribution is -2.56. The second kappa shape index (κ2) is 16.0. The topological polar surface area (TPSA) is 140 Å². The Morgan fingerprint density at radius 3 is 2.26 bits per heavy atom. The smallest absolute Gasteiger partial charge is 0.325 e. The van der Waals surface area contributed by atoms with E-state index in [1.54, 1.807) is 6.92 Å². The van der Waals surface area contributed by atoms with Crippen molar-refractivity contribution in [3.8, 4) is 0 Å². The van der Waals surface area contributed by atoms with Gasteiger partial charge in [0.05, 0.1) is 19.8 Å². The second-order valence-corrected chi connectivity index (χ2v) is 10.3. The zero-order chi connectivity index (χ0) is 28.0. The number of rotatable bonds is 15. The molecule has 0 bridgehead atoms. The summed E-state index contributed by atoms with van der Waals surface area (Å²) in [5, 5.41) is 7.82. The standard InChI is InChI=1S/C29H41N3O7/c1-2-39-25(33)17-30-29(37)26(34)24(19-38-18-21-12-7-4-8-13-21)32-28(36)23(16-20-10-5-3-6-11-20)31-27(35)22-14-9-15-22/h4,7-8,12-13,20,22-24H,2-3,5-6,9-11,14-19H2,1H3,(H,30,37)(H,31,35)(H,32,36)/t23-,24-/m0/s1. The first-order valence-corrected chi connectivity index (χ1v) is 14.1. The molecule has 2 aliphatic carbocycles. The lowest BCUT2D eigenvalue weighted by Gasteiger charge is -2.30. The monoisotopic (exact) mass is 543 g/mol. The van der Waals surface area contributed by atoms with Gasteiger partial charge in [0.25, 0.3) is 5.91 Å². The maximum atomic E-state index is 13.5. The Hall–Kier alpha value is -3.27. The third kappa shape index (κ3) is 10.1. The van der Waals surface area contributed by atoms with Crippen LogP contribution in [0.25, 0.3) is 0 Å². The first-order valence-electron chi connectivity index (χ1n) is 14.1. The number of benzene rings is 1. The first kappa shape index (κ1) is 30.3. The summed E-state index contributed by atoms with van der Waals surface area (Å²) < 4.78 is 10.5. The number of carbonyl (C=O) groups excluding carboxylic acids is 5. The molecule has 2 atom stereocenters. The molecule has 2 aliphatic rings. The molecule has 3 N–H and O–H groups in total. The SMILES string of the molecule is CCOC(=O)CNC(=O)C(=O)[C@H](COCc1ccccc1)NC(=O)[C@H](CC1CCCCC1)NC(=O)C1CCC1. The minimum atomic E-state index is -1.29. The highest BCUT2D eigenvalue weighted by molar-refractivity contribution is 6.38. The van der Waals surface area contributed by atoms with Crippen LogP contribution in [-0.2, 0) is 40.1 Å². The van der Waals surface area contributed by atoms with Crippen LogP contribution in [0.3, 0.4) is 0 Å². The average molecular weight is 544 g/mol. The van der Waals surface area contributed by atoms with Gasteiger partial charge in [-0.05, 0) is 37.7 Å². The summed E-state index contributed by atoms with van der Waals surface area (Å²) in [5.41, 5.74) is 0.865. The minimum absolute atomic E-state index is 0.0908. The fraction of sp³-hybridized carbons (Fsp3) is 0.621. The van der Waals surface area contributed by atoms with Crippen LogP contribution in [0.4, 0.5) is 0 Å². The zero-order valence-electron chi connectivity index (χ0n) is 22.7. The highest BCUT2D eigenvalue weighted by Crippen LogP contribution is 2.29. The third-order valence-electron chi connectivity index (χ3n) is 7.35. The van der Waals surface area contributed by atoms with Crippen LogP contribution < -0.4 is 16.0 Å². The van der Waals surface area contributed by atoms with Crippen LogP contribution in [-0.4, -0.2) is 61.3 Å². The van der Waals surface area contributed by atoms with Gasteiger partial charge in [0, 0.05) is 5.92 Å². The molecular weight excluding hydrogens is 502 g/mol. The van der Waals surface area contributed by atoms with E-state index in [1.165, 1.54) is 0 Å². The number of hydrogen-bond acceptors (Lipinski definition) is 7. The van der Waals surface area contributed by atoms with E-state index >= 15 is 0 Å². The van der Waals surface area contributed by atoms with Gasteiger partial charge in [-0.1, -0.05) is 68.9 Å². The van der Waals surface area contributed by atoms with E-state index in [2.05, 4.69) is 16.0 Å². The van der Waals surface area contributed by atoms with E-state index < -0.39 is 42.2 Å². The molecule has 2 fully saturated rings. The molecule has 0 heterocycles. The van der Waals surface area contributed by atoms with Crippen molar-refractivity contribution in [3.05, 3.63) is 35.9 Å². The molecule has 0 aromatic heterocycles. The van der Waals surface area contributed by atoms with Crippen LogP contribution in [0.1, 0.15) is 70.3 Å². The van der Waals surface area contributed by atoms with E-state index in [0.717, 1.165) is 56.9 Å². The summed E-state index contributed by atoms with van der Waals surface area (Å²) in [6.45, 7) is 1.23. The summed E-state index contributed by atoms with van der Waals surface area (Å²) in [4.78, 5) is 63.5. The van der Waals surface area contributed by atoms with Gasteiger partial charge in [0.1, 0.15) is 18.6 Å². The average Bonchev–Trinajstić information content (AvgIpc) is 2.90. The summed E-state index contributed by atoms with van der Waals surface area (Å²) in [6, 6.07) is 7.19. The molecule has 3 rings (SSSR count). The van der Waals surface area contributed by atoms with Gasteiger partial charge in [-0.25, -0.2) is 0 Å². The Labute approximate surface area is 229 Å². The second-order valence-electron chi connectivity index (χ2n) is 10.3. The fourth-order valence-electron chi connectivity index (χ4n) is 4.88. The number of hydrogen-bond donors (Lipinski definition) is 3. The van der Waals surface area contributed by atoms with Gasteiger partial charge < -0.3 is 25.4 Å². The predicted molar refractivity (Wildman–Crippen MR) is 143 cm³/mol. The minimum Gasteiger partial charge on any atom is -0.465 e. The van der Waals surface area contributed by atoms with Crippen LogP contribution in [0.15, 0.2) is 30.3 Å². The summed E-state index contributed by atoms with van der Waals surface area (Å²) >= 11 is 0. The maximum absolute atomic E-state index is 13.5.